The van der Waals surface area contributed by atoms with Crippen LogP contribution >= 0.6 is 0 Å². The van der Waals surface area contributed by atoms with E-state index in [0.29, 0.717) is 18.3 Å². The van der Waals surface area contributed by atoms with Crippen molar-refractivity contribution >= 4 is 11.6 Å². The molecule has 0 amide bonds. The number of Topliss-reactive ketones (excluding diaryl/α,β-unsaturated/α-hetero) is 2. The summed E-state index contributed by atoms with van der Waals surface area (Å²) in [4.78, 5) is 24.8. The molecule has 2 rings (SSSR count). The molecule has 2 nitrogen and oxygen atoms in total. The molecule has 0 aromatic carbocycles. The van der Waals surface area contributed by atoms with Gasteiger partial charge in [-0.3, -0.25) is 9.59 Å². The van der Waals surface area contributed by atoms with Gasteiger partial charge in [0.15, 0.2) is 0 Å². The zero-order chi connectivity index (χ0) is 14.7. The second-order valence-electron chi connectivity index (χ2n) is 7.08. The molecule has 0 N–H and O–H groups in total. The number of fused-ring (bicyclic) bond motifs is 2. The second kappa shape index (κ2) is 6.87. The van der Waals surface area contributed by atoms with Gasteiger partial charge < -0.3 is 0 Å². The van der Waals surface area contributed by atoms with E-state index in [0.717, 1.165) is 12.8 Å². The van der Waals surface area contributed by atoms with Crippen LogP contribution in [0.25, 0.3) is 0 Å². The molecule has 0 aliphatic heterocycles. The maximum atomic E-state index is 12.6. The first-order valence-electron chi connectivity index (χ1n) is 8.64. The first kappa shape index (κ1) is 15.7. The molecule has 114 valence electrons. The normalized spacial score (nSPS) is 37.9. The zero-order valence-corrected chi connectivity index (χ0v) is 13.4. The van der Waals surface area contributed by atoms with E-state index >= 15 is 0 Å². The van der Waals surface area contributed by atoms with E-state index in [1.54, 1.807) is 0 Å². The smallest absolute Gasteiger partial charge is 0.146 e. The average molecular weight is 278 g/mol. The molecule has 2 heteroatoms. The highest BCUT2D eigenvalue weighted by molar-refractivity contribution is 6.05. The molecule has 5 atom stereocenters. The fourth-order valence-electron chi connectivity index (χ4n) is 4.61. The van der Waals surface area contributed by atoms with Gasteiger partial charge in [0, 0.05) is 12.3 Å². The first-order chi connectivity index (χ1) is 9.57. The molecule has 2 bridgehead atoms. The van der Waals surface area contributed by atoms with Gasteiger partial charge in [0.2, 0.25) is 0 Å². The Balaban J connectivity index is 2.08. The number of ketones is 2. The summed E-state index contributed by atoms with van der Waals surface area (Å²) < 4.78 is 0. The Morgan fingerprint density at radius 2 is 1.80 bits per heavy atom. The molecular weight excluding hydrogens is 248 g/mol. The topological polar surface area (TPSA) is 34.1 Å². The van der Waals surface area contributed by atoms with Crippen molar-refractivity contribution in [1.82, 2.24) is 0 Å². The Morgan fingerprint density at radius 3 is 2.50 bits per heavy atom. The molecule has 2 aliphatic carbocycles. The molecular formula is C18H30O2. The van der Waals surface area contributed by atoms with E-state index < -0.39 is 0 Å². The summed E-state index contributed by atoms with van der Waals surface area (Å²) in [6.07, 6.45) is 8.82. The van der Waals surface area contributed by atoms with Gasteiger partial charge in [0.05, 0.1) is 5.92 Å². The minimum Gasteiger partial charge on any atom is -0.299 e. The third-order valence-corrected chi connectivity index (χ3v) is 5.86. The zero-order valence-electron chi connectivity index (χ0n) is 13.4. The molecule has 2 aliphatic rings. The maximum Gasteiger partial charge on any atom is 0.146 e. The molecule has 2 saturated carbocycles. The van der Waals surface area contributed by atoms with Crippen molar-refractivity contribution in [3.05, 3.63) is 0 Å². The van der Waals surface area contributed by atoms with Gasteiger partial charge in [0.1, 0.15) is 11.6 Å². The SMILES string of the molecule is CCCCCCC1C(C)[C@H]2CCCC(=O)[C@@H](C2=O)[C@@H]1C. The van der Waals surface area contributed by atoms with Gasteiger partial charge in [0.25, 0.3) is 0 Å². The van der Waals surface area contributed by atoms with E-state index in [9.17, 15) is 9.59 Å². The minimum atomic E-state index is -0.269. The second-order valence-corrected chi connectivity index (χ2v) is 7.08. The maximum absolute atomic E-state index is 12.6. The monoisotopic (exact) mass is 278 g/mol. The van der Waals surface area contributed by atoms with Crippen LogP contribution in [0.1, 0.15) is 72.1 Å². The van der Waals surface area contributed by atoms with Crippen LogP contribution < -0.4 is 0 Å². The number of rotatable bonds is 5. The highest BCUT2D eigenvalue weighted by Gasteiger charge is 2.49. The molecule has 0 spiro atoms. The lowest BCUT2D eigenvalue weighted by molar-refractivity contribution is -0.143. The standard InChI is InChI=1S/C18H30O2/c1-4-5-6-7-9-14-12(2)15-10-8-11-16(19)17(13(14)3)18(15)20/h12-15,17H,4-11H2,1-3H3/t12?,13-,14?,15-,17+/m1/s1. The summed E-state index contributed by atoms with van der Waals surface area (Å²) in [5.74, 6) is 1.71. The third-order valence-electron chi connectivity index (χ3n) is 5.86. The number of hydrogen-bond acceptors (Lipinski definition) is 2. The third kappa shape index (κ3) is 2.99. The first-order valence-corrected chi connectivity index (χ1v) is 8.64. The van der Waals surface area contributed by atoms with Crippen molar-refractivity contribution in [3.63, 3.8) is 0 Å². The summed E-state index contributed by atoms with van der Waals surface area (Å²) in [5, 5.41) is 0. The summed E-state index contributed by atoms with van der Waals surface area (Å²) in [6, 6.07) is 0. The number of carbonyl (C=O) groups is 2. The van der Waals surface area contributed by atoms with Crippen LogP contribution in [0.2, 0.25) is 0 Å². The Bertz CT molecular complexity index is 360. The van der Waals surface area contributed by atoms with Crippen LogP contribution in [0.15, 0.2) is 0 Å². The van der Waals surface area contributed by atoms with Gasteiger partial charge in [-0.1, -0.05) is 46.5 Å². The highest BCUT2D eigenvalue weighted by atomic mass is 16.2. The number of hydrogen-bond donors (Lipinski definition) is 0. The van der Waals surface area contributed by atoms with Crippen LogP contribution in [-0.2, 0) is 9.59 Å². The Morgan fingerprint density at radius 1 is 1.05 bits per heavy atom. The minimum absolute atomic E-state index is 0.166. The molecule has 0 heterocycles. The Hall–Kier alpha value is -0.660. The predicted octanol–water partition coefficient (Wildman–Crippen LogP) is 4.41. The lowest BCUT2D eigenvalue weighted by Crippen LogP contribution is -2.46. The van der Waals surface area contributed by atoms with Crippen molar-refractivity contribution in [2.75, 3.05) is 0 Å². The lowest BCUT2D eigenvalue weighted by Gasteiger charge is -2.42. The van der Waals surface area contributed by atoms with Crippen molar-refractivity contribution < 1.29 is 9.59 Å². The quantitative estimate of drug-likeness (QED) is 0.551. The molecule has 0 saturated heterocycles. The Labute approximate surface area is 123 Å². The van der Waals surface area contributed by atoms with Crippen LogP contribution in [0.4, 0.5) is 0 Å². The largest absolute Gasteiger partial charge is 0.299 e. The summed E-state index contributed by atoms with van der Waals surface area (Å²) >= 11 is 0. The fraction of sp³-hybridized carbons (Fsp3) is 0.889. The highest BCUT2D eigenvalue weighted by Crippen LogP contribution is 2.46. The van der Waals surface area contributed by atoms with Gasteiger partial charge in [-0.2, -0.15) is 0 Å². The van der Waals surface area contributed by atoms with Crippen molar-refractivity contribution in [1.29, 1.82) is 0 Å². The molecule has 0 aromatic heterocycles. The van der Waals surface area contributed by atoms with Crippen molar-refractivity contribution in [2.24, 2.45) is 29.6 Å². The lowest BCUT2D eigenvalue weighted by atomic mass is 9.60. The van der Waals surface area contributed by atoms with E-state index in [1.165, 1.54) is 32.1 Å². The van der Waals surface area contributed by atoms with Crippen molar-refractivity contribution in [2.45, 2.75) is 72.1 Å². The van der Waals surface area contributed by atoms with E-state index in [2.05, 4.69) is 20.8 Å². The number of carbonyl (C=O) groups excluding carboxylic acids is 2. The molecule has 2 fully saturated rings. The van der Waals surface area contributed by atoms with E-state index in [-0.39, 0.29) is 29.3 Å². The summed E-state index contributed by atoms with van der Waals surface area (Å²) in [5.41, 5.74) is 0. The van der Waals surface area contributed by atoms with Gasteiger partial charge in [-0.15, -0.1) is 0 Å². The van der Waals surface area contributed by atoms with Gasteiger partial charge >= 0.3 is 0 Å². The fourth-order valence-corrected chi connectivity index (χ4v) is 4.61. The summed E-state index contributed by atoms with van der Waals surface area (Å²) in [6.45, 7) is 6.65. The van der Waals surface area contributed by atoms with Gasteiger partial charge in [-0.25, -0.2) is 0 Å². The molecule has 20 heavy (non-hydrogen) atoms. The van der Waals surface area contributed by atoms with Crippen molar-refractivity contribution in [3.8, 4) is 0 Å². The molecule has 0 radical (unpaired) electrons. The van der Waals surface area contributed by atoms with Crippen LogP contribution in [0, 0.1) is 29.6 Å². The van der Waals surface area contributed by atoms with Gasteiger partial charge in [-0.05, 0) is 37.0 Å². The summed E-state index contributed by atoms with van der Waals surface area (Å²) in [7, 11) is 0. The van der Waals surface area contributed by atoms with Crippen LogP contribution in [0.3, 0.4) is 0 Å². The predicted molar refractivity (Wildman–Crippen MR) is 81.4 cm³/mol. The molecule has 0 aromatic rings. The van der Waals surface area contributed by atoms with E-state index in [1.807, 2.05) is 0 Å². The van der Waals surface area contributed by atoms with E-state index in [4.69, 9.17) is 0 Å². The Kier molecular flexibility index (Phi) is 5.40. The van der Waals surface area contributed by atoms with Crippen LogP contribution in [-0.4, -0.2) is 11.6 Å². The molecule has 2 unspecified atom stereocenters. The van der Waals surface area contributed by atoms with Crippen LogP contribution in [0.5, 0.6) is 0 Å². The average Bonchev–Trinajstić information content (AvgIpc) is 2.53. The number of unbranched alkanes of at least 4 members (excludes halogenated alkanes) is 3.